The van der Waals surface area contributed by atoms with E-state index in [2.05, 4.69) is 15.4 Å². The third kappa shape index (κ3) is 4.87. The molecule has 11 heteroatoms. The van der Waals surface area contributed by atoms with Crippen LogP contribution in [-0.2, 0) is 18.3 Å². The number of nitrogens with zero attached hydrogens (tertiary/aromatic N) is 6. The summed E-state index contributed by atoms with van der Waals surface area (Å²) < 4.78 is 10.2. The molecule has 3 aromatic heterocycles. The van der Waals surface area contributed by atoms with Crippen LogP contribution in [0, 0.1) is 0 Å². The summed E-state index contributed by atoms with van der Waals surface area (Å²) in [5, 5.41) is 13.9. The summed E-state index contributed by atoms with van der Waals surface area (Å²) in [6.07, 6.45) is 5.17. The lowest BCUT2D eigenvalue weighted by atomic mass is 10.0. The molecule has 9 nitrogen and oxygen atoms in total. The third-order valence-corrected chi connectivity index (χ3v) is 6.58. The van der Waals surface area contributed by atoms with E-state index in [4.69, 9.17) is 27.9 Å². The molecule has 0 spiro atoms. The summed E-state index contributed by atoms with van der Waals surface area (Å²) >= 11 is 12.2. The lowest BCUT2D eigenvalue weighted by molar-refractivity contribution is -0.121. The highest BCUT2D eigenvalue weighted by Gasteiger charge is 2.21. The fraction of sp³-hybridized carbons (Fsp3) is 0.192. The Balaban J connectivity index is 1.49. The first-order valence-electron chi connectivity index (χ1n) is 11.4. The molecule has 0 amide bonds. The number of aromatic nitrogens is 6. The van der Waals surface area contributed by atoms with Crippen LogP contribution in [0.3, 0.4) is 0 Å². The van der Waals surface area contributed by atoms with Crippen molar-refractivity contribution < 1.29 is 9.53 Å². The highest BCUT2D eigenvalue weighted by Crippen LogP contribution is 2.35. The fourth-order valence-corrected chi connectivity index (χ4v) is 4.60. The molecule has 37 heavy (non-hydrogen) atoms. The van der Waals surface area contributed by atoms with Crippen LogP contribution < -0.4 is 10.3 Å². The van der Waals surface area contributed by atoms with Crippen molar-refractivity contribution in [2.24, 2.45) is 7.05 Å². The minimum atomic E-state index is -0.715. The molecule has 0 fully saturated rings. The molecule has 1 unspecified atom stereocenters. The van der Waals surface area contributed by atoms with Gasteiger partial charge >= 0.3 is 0 Å². The maximum Gasteiger partial charge on any atom is 0.252 e. The maximum absolute atomic E-state index is 13.2. The Hall–Kier alpha value is -3.95. The molecule has 3 heterocycles. The second-order valence-electron chi connectivity index (χ2n) is 8.66. The van der Waals surface area contributed by atoms with Gasteiger partial charge in [0.15, 0.2) is 10.9 Å². The van der Waals surface area contributed by atoms with E-state index in [1.54, 1.807) is 42.2 Å². The van der Waals surface area contributed by atoms with Gasteiger partial charge in [-0.1, -0.05) is 34.5 Å². The molecule has 0 saturated carbocycles. The zero-order valence-electron chi connectivity index (χ0n) is 20.2. The SMILES string of the molecule is COc1cn(C(C)C(=O)Cc2ccc3nn(C)cc3c2)c(=O)cc1-c1cc(Cl)ccc1-n1cc(Cl)nn1. The highest BCUT2D eigenvalue weighted by atomic mass is 35.5. The quantitative estimate of drug-likeness (QED) is 0.299. The number of methoxy groups -OCH3 is 1. The van der Waals surface area contributed by atoms with Crippen LogP contribution in [0.1, 0.15) is 18.5 Å². The number of fused-ring (bicyclic) bond motifs is 1. The number of benzene rings is 2. The zero-order chi connectivity index (χ0) is 26.3. The molecule has 0 saturated heterocycles. The average molecular weight is 537 g/mol. The smallest absolute Gasteiger partial charge is 0.252 e. The number of pyridine rings is 1. The summed E-state index contributed by atoms with van der Waals surface area (Å²) in [6.45, 7) is 1.70. The molecular formula is C26H22Cl2N6O3. The van der Waals surface area contributed by atoms with Crippen molar-refractivity contribution in [1.29, 1.82) is 0 Å². The Morgan fingerprint density at radius 2 is 1.86 bits per heavy atom. The molecule has 0 aliphatic rings. The number of Topliss-reactive ketones (excluding diaryl/α,β-unsaturated/α-hetero) is 1. The van der Waals surface area contributed by atoms with E-state index in [9.17, 15) is 9.59 Å². The number of rotatable bonds is 7. The van der Waals surface area contributed by atoms with E-state index in [0.29, 0.717) is 27.6 Å². The lowest BCUT2D eigenvalue weighted by Gasteiger charge is -2.18. The Kier molecular flexibility index (Phi) is 6.57. The monoisotopic (exact) mass is 536 g/mol. The molecule has 188 valence electrons. The van der Waals surface area contributed by atoms with Crippen LogP contribution in [0.15, 0.2) is 65.8 Å². The van der Waals surface area contributed by atoms with E-state index in [-0.39, 0.29) is 22.9 Å². The predicted molar refractivity (Wildman–Crippen MR) is 142 cm³/mol. The second-order valence-corrected chi connectivity index (χ2v) is 9.49. The normalized spacial score (nSPS) is 12.1. The molecule has 0 N–H and O–H groups in total. The predicted octanol–water partition coefficient (Wildman–Crippen LogP) is 4.67. The summed E-state index contributed by atoms with van der Waals surface area (Å²) in [5.74, 6) is 0.284. The van der Waals surface area contributed by atoms with Gasteiger partial charge in [-0.15, -0.1) is 5.10 Å². The topological polar surface area (TPSA) is 96.8 Å². The maximum atomic E-state index is 13.2. The van der Waals surface area contributed by atoms with Gasteiger partial charge in [0.2, 0.25) is 0 Å². The molecular weight excluding hydrogens is 515 g/mol. The van der Waals surface area contributed by atoms with Crippen molar-refractivity contribution >= 4 is 39.9 Å². The molecule has 0 aliphatic carbocycles. The van der Waals surface area contributed by atoms with Crippen LogP contribution in [0.2, 0.25) is 10.2 Å². The van der Waals surface area contributed by atoms with Gasteiger partial charge in [0.1, 0.15) is 5.75 Å². The number of aryl methyl sites for hydroxylation is 1. The van der Waals surface area contributed by atoms with Crippen molar-refractivity contribution in [3.05, 3.63) is 87.1 Å². The Morgan fingerprint density at radius 3 is 2.59 bits per heavy atom. The average Bonchev–Trinajstić information content (AvgIpc) is 3.47. The van der Waals surface area contributed by atoms with Crippen LogP contribution in [-0.4, -0.2) is 42.2 Å². The summed E-state index contributed by atoms with van der Waals surface area (Å²) in [5.41, 5.74) is 3.05. The zero-order valence-corrected chi connectivity index (χ0v) is 21.7. The van der Waals surface area contributed by atoms with Crippen molar-refractivity contribution in [2.75, 3.05) is 7.11 Å². The van der Waals surface area contributed by atoms with Crippen LogP contribution in [0.25, 0.3) is 27.7 Å². The minimum absolute atomic E-state index is 0.110. The van der Waals surface area contributed by atoms with Gasteiger partial charge in [-0.05, 0) is 42.8 Å². The largest absolute Gasteiger partial charge is 0.495 e. The standard InChI is InChI=1S/C26H22Cl2N6O3/c1-15(23(35)9-16-4-6-21-17(8-16)12-32(2)30-21)33-13-24(37-3)20(11-26(33)36)19-10-18(27)5-7-22(19)34-14-25(28)29-31-34/h4-8,10-15H,9H2,1-3H3. The van der Waals surface area contributed by atoms with Gasteiger partial charge in [0.25, 0.3) is 5.56 Å². The van der Waals surface area contributed by atoms with Gasteiger partial charge in [-0.3, -0.25) is 14.3 Å². The second kappa shape index (κ2) is 9.84. The molecule has 0 bridgehead atoms. The molecule has 0 radical (unpaired) electrons. The van der Waals surface area contributed by atoms with Crippen molar-refractivity contribution in [3.63, 3.8) is 0 Å². The molecule has 1 atom stereocenters. The Morgan fingerprint density at radius 1 is 1.05 bits per heavy atom. The van der Waals surface area contributed by atoms with Crippen LogP contribution >= 0.6 is 23.2 Å². The number of ketones is 1. The van der Waals surface area contributed by atoms with E-state index in [0.717, 1.165) is 16.5 Å². The van der Waals surface area contributed by atoms with Gasteiger partial charge in [-0.2, -0.15) is 5.10 Å². The Bertz CT molecular complexity index is 1700. The Labute approximate surface area is 221 Å². The van der Waals surface area contributed by atoms with Crippen LogP contribution in [0.5, 0.6) is 5.75 Å². The summed E-state index contributed by atoms with van der Waals surface area (Å²) in [6, 6.07) is 11.6. The van der Waals surface area contributed by atoms with E-state index in [1.165, 1.54) is 22.4 Å². The van der Waals surface area contributed by atoms with Gasteiger partial charge in [0, 0.05) is 47.3 Å². The molecule has 0 aliphatic heterocycles. The lowest BCUT2D eigenvalue weighted by Crippen LogP contribution is -2.28. The van der Waals surface area contributed by atoms with Crippen molar-refractivity contribution in [2.45, 2.75) is 19.4 Å². The van der Waals surface area contributed by atoms with Gasteiger partial charge in [0.05, 0.1) is 36.7 Å². The summed E-state index contributed by atoms with van der Waals surface area (Å²) in [7, 11) is 3.35. The molecule has 5 aromatic rings. The van der Waals surface area contributed by atoms with Gasteiger partial charge < -0.3 is 9.30 Å². The fourth-order valence-electron chi connectivity index (χ4n) is 4.30. The number of carbonyl (C=O) groups is 1. The number of hydrogen-bond donors (Lipinski definition) is 0. The first-order valence-corrected chi connectivity index (χ1v) is 12.1. The van der Waals surface area contributed by atoms with Crippen molar-refractivity contribution in [1.82, 2.24) is 29.3 Å². The van der Waals surface area contributed by atoms with Gasteiger partial charge in [-0.25, -0.2) is 4.68 Å². The molecule has 5 rings (SSSR count). The number of ether oxygens (including phenoxy) is 1. The summed E-state index contributed by atoms with van der Waals surface area (Å²) in [4.78, 5) is 26.4. The third-order valence-electron chi connectivity index (χ3n) is 6.17. The number of carbonyl (C=O) groups excluding carboxylic acids is 1. The van der Waals surface area contributed by atoms with E-state index in [1.807, 2.05) is 31.4 Å². The van der Waals surface area contributed by atoms with Crippen LogP contribution in [0.4, 0.5) is 0 Å². The highest BCUT2D eigenvalue weighted by molar-refractivity contribution is 6.31. The van der Waals surface area contributed by atoms with E-state index >= 15 is 0 Å². The number of halogens is 2. The first-order chi connectivity index (χ1) is 17.7. The first kappa shape index (κ1) is 24.7. The molecule has 2 aromatic carbocycles. The van der Waals surface area contributed by atoms with E-state index < -0.39 is 6.04 Å². The van der Waals surface area contributed by atoms with Crippen molar-refractivity contribution in [3.8, 4) is 22.6 Å². The number of hydrogen-bond acceptors (Lipinski definition) is 6. The minimum Gasteiger partial charge on any atom is -0.495 e.